The first-order valence-electron chi connectivity index (χ1n) is 11.6. The Balaban J connectivity index is 1.68. The SMILES string of the molecule is Cc1ccccc1[C@H]1c2cccc(F)c2OC/C=C/C2(CC2)N2CN1n1ccc(=O)c(O)c1C2=O. The lowest BCUT2D eigenvalue weighted by Crippen LogP contribution is -2.58. The fourth-order valence-electron chi connectivity index (χ4n) is 5.21. The number of fused-ring (bicyclic) bond motifs is 6. The molecule has 1 saturated carbocycles. The number of pyridine rings is 1. The van der Waals surface area contributed by atoms with Gasteiger partial charge in [-0.05, 0) is 43.0 Å². The van der Waals surface area contributed by atoms with Crippen LogP contribution in [0.3, 0.4) is 0 Å². The second-order valence-electron chi connectivity index (χ2n) is 9.27. The fourth-order valence-corrected chi connectivity index (χ4v) is 5.21. The second-order valence-corrected chi connectivity index (χ2v) is 9.27. The summed E-state index contributed by atoms with van der Waals surface area (Å²) >= 11 is 0. The molecule has 2 bridgehead atoms. The summed E-state index contributed by atoms with van der Waals surface area (Å²) in [5.74, 6) is -1.36. The third-order valence-electron chi connectivity index (χ3n) is 7.19. The van der Waals surface area contributed by atoms with Crippen LogP contribution in [0, 0.1) is 12.7 Å². The van der Waals surface area contributed by atoms with Gasteiger partial charge in [-0.2, -0.15) is 0 Å². The lowest BCUT2D eigenvalue weighted by Gasteiger charge is -2.46. The highest BCUT2D eigenvalue weighted by Gasteiger charge is 2.52. The number of aromatic nitrogens is 1. The summed E-state index contributed by atoms with van der Waals surface area (Å²) < 4.78 is 22.6. The van der Waals surface area contributed by atoms with Crippen LogP contribution in [0.5, 0.6) is 11.5 Å². The van der Waals surface area contributed by atoms with Crippen molar-refractivity contribution in [1.29, 1.82) is 0 Å². The third kappa shape index (κ3) is 3.24. The maximum atomic E-state index is 15.2. The van der Waals surface area contributed by atoms with Crippen LogP contribution in [0.4, 0.5) is 4.39 Å². The minimum Gasteiger partial charge on any atom is -0.502 e. The van der Waals surface area contributed by atoms with E-state index in [0.717, 1.165) is 24.0 Å². The van der Waals surface area contributed by atoms with Crippen LogP contribution >= 0.6 is 0 Å². The Morgan fingerprint density at radius 1 is 1.06 bits per heavy atom. The maximum absolute atomic E-state index is 15.2. The zero-order valence-electron chi connectivity index (χ0n) is 19.1. The van der Waals surface area contributed by atoms with E-state index in [1.165, 1.54) is 23.0 Å². The topological polar surface area (TPSA) is 75.0 Å². The third-order valence-corrected chi connectivity index (χ3v) is 7.19. The van der Waals surface area contributed by atoms with Crippen LogP contribution in [0.25, 0.3) is 0 Å². The molecule has 0 saturated heterocycles. The Bertz CT molecular complexity index is 1440. The van der Waals surface area contributed by atoms with Gasteiger partial charge < -0.3 is 14.7 Å². The Labute approximate surface area is 201 Å². The van der Waals surface area contributed by atoms with Gasteiger partial charge in [-0.15, -0.1) is 0 Å². The number of para-hydroxylation sites is 1. The molecule has 0 radical (unpaired) electrons. The summed E-state index contributed by atoms with van der Waals surface area (Å²) in [6.45, 7) is 2.29. The molecule has 2 aliphatic heterocycles. The number of hydrogen-bond donors (Lipinski definition) is 1. The number of ether oxygens (including phenoxy) is 1. The van der Waals surface area contributed by atoms with E-state index in [9.17, 15) is 14.7 Å². The number of carbonyl (C=O) groups excluding carboxylic acids is 1. The van der Waals surface area contributed by atoms with Gasteiger partial charge in [0, 0.05) is 17.8 Å². The molecule has 1 atom stereocenters. The quantitative estimate of drug-likeness (QED) is 0.547. The first kappa shape index (κ1) is 21.5. The predicted octanol–water partition coefficient (Wildman–Crippen LogP) is 3.62. The van der Waals surface area contributed by atoms with Crippen LogP contribution < -0.4 is 15.2 Å². The summed E-state index contributed by atoms with van der Waals surface area (Å²) in [6, 6.07) is 13.2. The Kier molecular flexibility index (Phi) is 4.74. The molecule has 8 heteroatoms. The van der Waals surface area contributed by atoms with E-state index in [-0.39, 0.29) is 24.7 Å². The monoisotopic (exact) mass is 473 g/mol. The van der Waals surface area contributed by atoms with E-state index in [1.807, 2.05) is 54.4 Å². The van der Waals surface area contributed by atoms with Crippen LogP contribution in [0.1, 0.15) is 46.1 Å². The summed E-state index contributed by atoms with van der Waals surface area (Å²) in [5, 5.41) is 12.6. The minimum atomic E-state index is -0.627. The number of carbonyl (C=O) groups is 1. The maximum Gasteiger partial charge on any atom is 0.278 e. The summed E-state index contributed by atoms with van der Waals surface area (Å²) in [5.41, 5.74) is 1.17. The number of hydrogen-bond acceptors (Lipinski definition) is 5. The van der Waals surface area contributed by atoms with E-state index in [1.54, 1.807) is 11.0 Å². The van der Waals surface area contributed by atoms with Crippen molar-refractivity contribution in [2.75, 3.05) is 18.3 Å². The molecule has 1 N–H and O–H groups in total. The standard InChI is InChI=1S/C27H24FN3O4/c1-17-6-2-3-7-18(17)22-19-8-4-9-20(28)25(19)35-15-5-11-27(12-13-27)29-16-31(22)30-14-10-21(32)24(33)23(30)26(29)34/h2-11,14,22,33H,12-13,15-16H2,1H3/b11-5+/t22-/m0/s1. The van der Waals surface area contributed by atoms with Gasteiger partial charge in [0.25, 0.3) is 5.91 Å². The van der Waals surface area contributed by atoms with Crippen molar-refractivity contribution in [3.05, 3.63) is 105 Å². The first-order valence-corrected chi connectivity index (χ1v) is 11.6. The predicted molar refractivity (Wildman–Crippen MR) is 128 cm³/mol. The molecule has 1 aromatic heterocycles. The average Bonchev–Trinajstić information content (AvgIpc) is 3.63. The smallest absolute Gasteiger partial charge is 0.278 e. The van der Waals surface area contributed by atoms with Gasteiger partial charge in [0.1, 0.15) is 19.3 Å². The molecule has 35 heavy (non-hydrogen) atoms. The fraction of sp³-hybridized carbons (Fsp3) is 0.259. The molecule has 3 heterocycles. The number of nitrogens with zero attached hydrogens (tertiary/aromatic N) is 3. The van der Waals surface area contributed by atoms with Crippen LogP contribution in [0.15, 0.2) is 71.7 Å². The highest BCUT2D eigenvalue weighted by atomic mass is 19.1. The van der Waals surface area contributed by atoms with Gasteiger partial charge in [0.15, 0.2) is 23.0 Å². The van der Waals surface area contributed by atoms with Crippen molar-refractivity contribution in [2.45, 2.75) is 31.3 Å². The molecule has 3 aliphatic rings. The van der Waals surface area contributed by atoms with Crippen molar-refractivity contribution in [3.8, 4) is 11.5 Å². The molecule has 178 valence electrons. The van der Waals surface area contributed by atoms with E-state index < -0.39 is 34.5 Å². The van der Waals surface area contributed by atoms with Crippen LogP contribution in [0.2, 0.25) is 0 Å². The zero-order chi connectivity index (χ0) is 24.3. The molecular formula is C27H24FN3O4. The average molecular weight is 474 g/mol. The van der Waals surface area contributed by atoms with Crippen molar-refractivity contribution in [2.24, 2.45) is 0 Å². The molecule has 1 aliphatic carbocycles. The zero-order valence-corrected chi connectivity index (χ0v) is 19.1. The molecule has 0 unspecified atom stereocenters. The lowest BCUT2D eigenvalue weighted by atomic mass is 9.93. The Morgan fingerprint density at radius 3 is 2.60 bits per heavy atom. The Hall–Kier alpha value is -4.07. The number of aryl methyl sites for hydroxylation is 1. The van der Waals surface area contributed by atoms with E-state index in [0.29, 0.717) is 5.56 Å². The van der Waals surface area contributed by atoms with Gasteiger partial charge >= 0.3 is 0 Å². The Morgan fingerprint density at radius 2 is 1.83 bits per heavy atom. The van der Waals surface area contributed by atoms with E-state index in [4.69, 9.17) is 4.74 Å². The molecule has 1 amide bonds. The lowest BCUT2D eigenvalue weighted by molar-refractivity contribution is 0.0606. The molecule has 3 aromatic rings. The van der Waals surface area contributed by atoms with Crippen LogP contribution in [-0.2, 0) is 0 Å². The number of halogens is 1. The number of rotatable bonds is 1. The molecule has 7 nitrogen and oxygen atoms in total. The summed E-state index contributed by atoms with van der Waals surface area (Å²) in [6.07, 6.45) is 6.72. The van der Waals surface area contributed by atoms with Crippen molar-refractivity contribution in [3.63, 3.8) is 0 Å². The van der Waals surface area contributed by atoms with Gasteiger partial charge in [0.2, 0.25) is 5.43 Å². The van der Waals surface area contributed by atoms with Gasteiger partial charge in [0.05, 0.1) is 5.54 Å². The van der Waals surface area contributed by atoms with Gasteiger partial charge in [-0.3, -0.25) is 19.3 Å². The van der Waals surface area contributed by atoms with E-state index >= 15 is 4.39 Å². The summed E-state index contributed by atoms with van der Waals surface area (Å²) in [4.78, 5) is 27.7. The first-order chi connectivity index (χ1) is 16.9. The van der Waals surface area contributed by atoms with Gasteiger partial charge in [-0.25, -0.2) is 4.39 Å². The summed E-state index contributed by atoms with van der Waals surface area (Å²) in [7, 11) is 0. The van der Waals surface area contributed by atoms with Gasteiger partial charge in [-0.1, -0.05) is 42.5 Å². The van der Waals surface area contributed by atoms with Crippen molar-refractivity contribution < 1.29 is 19.0 Å². The van der Waals surface area contributed by atoms with Crippen LogP contribution in [-0.4, -0.2) is 39.4 Å². The number of aromatic hydroxyl groups is 1. The largest absolute Gasteiger partial charge is 0.502 e. The molecule has 1 spiro atoms. The second kappa shape index (κ2) is 7.73. The minimum absolute atomic E-state index is 0.0971. The molecule has 1 fully saturated rings. The molecule has 2 aromatic carbocycles. The van der Waals surface area contributed by atoms with E-state index in [2.05, 4.69) is 0 Å². The highest BCUT2D eigenvalue weighted by molar-refractivity contribution is 5.97. The highest BCUT2D eigenvalue weighted by Crippen LogP contribution is 2.47. The molecular weight excluding hydrogens is 449 g/mol. The number of benzene rings is 2. The normalized spacial score (nSPS) is 21.0. The number of amides is 1. The molecule has 6 rings (SSSR count). The van der Waals surface area contributed by atoms with Crippen molar-refractivity contribution >= 4 is 5.91 Å². The van der Waals surface area contributed by atoms with Crippen molar-refractivity contribution in [1.82, 2.24) is 9.58 Å².